The van der Waals surface area contributed by atoms with Crippen molar-refractivity contribution in [3.05, 3.63) is 11.1 Å². The van der Waals surface area contributed by atoms with Gasteiger partial charge in [-0.3, -0.25) is 0 Å². The number of aromatic nitrogens is 2. The van der Waals surface area contributed by atoms with Gasteiger partial charge in [0.15, 0.2) is 0 Å². The van der Waals surface area contributed by atoms with Crippen molar-refractivity contribution in [3.63, 3.8) is 0 Å². The normalized spacial score (nSPS) is 7.57. The molecule has 1 heterocycles. The number of hydrogen-bond donors (Lipinski definition) is 0. The van der Waals surface area contributed by atoms with Gasteiger partial charge in [-0.2, -0.15) is 0 Å². The number of aryl methyl sites for hydroxylation is 1. The van der Waals surface area contributed by atoms with Crippen LogP contribution in [0.15, 0.2) is 0 Å². The molecule has 1 rings (SSSR count). The molecule has 0 bridgehead atoms. The van der Waals surface area contributed by atoms with E-state index in [1.807, 2.05) is 6.92 Å². The molecule has 0 aliphatic rings. The van der Waals surface area contributed by atoms with Crippen molar-refractivity contribution in [1.29, 1.82) is 0 Å². The molecule has 1 aromatic rings. The first-order chi connectivity index (χ1) is 2.89. The number of rotatable bonds is 0. The van der Waals surface area contributed by atoms with Crippen LogP contribution >= 0.6 is 11.5 Å². The zero-order valence-electron chi connectivity index (χ0n) is 3.88. The summed E-state index contributed by atoms with van der Waals surface area (Å²) in [5.41, 5.74) is 0. The zero-order valence-corrected chi connectivity index (χ0v) is 7.53. The molecule has 7 heavy (non-hydrogen) atoms. The van der Waals surface area contributed by atoms with Gasteiger partial charge in [-0.15, -0.1) is 9.37 Å². The zero-order chi connectivity index (χ0) is 4.41. The summed E-state index contributed by atoms with van der Waals surface area (Å²) in [4.78, 5) is 1.04. The molecule has 0 unspecified atom stereocenters. The minimum Gasteiger partial charge on any atom is -0.359 e. The van der Waals surface area contributed by atoms with Crippen LogP contribution in [0.1, 0.15) is 4.88 Å². The van der Waals surface area contributed by atoms with Crippen LogP contribution in [0.4, 0.5) is 0 Å². The Labute approximate surface area is 71.4 Å². The molecular formula is C3H3N2SY-. The molecule has 4 heteroatoms. The largest absolute Gasteiger partial charge is 0.359 e. The van der Waals surface area contributed by atoms with Gasteiger partial charge in [0.25, 0.3) is 0 Å². The second kappa shape index (κ2) is 3.64. The van der Waals surface area contributed by atoms with Gasteiger partial charge in [-0.05, 0) is 0 Å². The Kier molecular flexibility index (Phi) is 3.98. The van der Waals surface area contributed by atoms with E-state index in [2.05, 4.69) is 15.8 Å². The second-order valence-corrected chi connectivity index (χ2v) is 1.90. The van der Waals surface area contributed by atoms with E-state index in [4.69, 9.17) is 0 Å². The fourth-order valence-corrected chi connectivity index (χ4v) is 0.479. The number of hydrogen-bond acceptors (Lipinski definition) is 3. The second-order valence-electron chi connectivity index (χ2n) is 0.941. The molecule has 1 aromatic heterocycles. The maximum absolute atomic E-state index is 3.56. The van der Waals surface area contributed by atoms with Crippen molar-refractivity contribution in [2.24, 2.45) is 0 Å². The van der Waals surface area contributed by atoms with Gasteiger partial charge < -0.3 is 11.3 Å². The predicted molar refractivity (Wildman–Crippen MR) is 23.5 cm³/mol. The molecule has 0 amide bonds. The van der Waals surface area contributed by atoms with Crippen LogP contribution in [-0.4, -0.2) is 9.59 Å². The average Bonchev–Trinajstić information content (AvgIpc) is 1.86. The monoisotopic (exact) mass is 188 g/mol. The minimum absolute atomic E-state index is 0. The molecule has 35 valence electrons. The van der Waals surface area contributed by atoms with Gasteiger partial charge in [0.05, 0.1) is 0 Å². The van der Waals surface area contributed by atoms with Gasteiger partial charge in [0.1, 0.15) is 0 Å². The Balaban J connectivity index is 0.000000360. The van der Waals surface area contributed by atoms with E-state index in [0.717, 1.165) is 4.88 Å². The van der Waals surface area contributed by atoms with Crippen molar-refractivity contribution in [2.45, 2.75) is 6.92 Å². The van der Waals surface area contributed by atoms with Crippen molar-refractivity contribution in [3.8, 4) is 0 Å². The van der Waals surface area contributed by atoms with Crippen LogP contribution in [0.5, 0.6) is 0 Å². The van der Waals surface area contributed by atoms with Crippen molar-refractivity contribution in [1.82, 2.24) is 9.59 Å². The summed E-state index contributed by atoms with van der Waals surface area (Å²) in [5, 5.41) is 3.47. The van der Waals surface area contributed by atoms with Crippen molar-refractivity contribution >= 4 is 11.5 Å². The maximum atomic E-state index is 3.56. The maximum Gasteiger partial charge on any atom is 0 e. The first kappa shape index (κ1) is 7.66. The van der Waals surface area contributed by atoms with E-state index in [0.29, 0.717) is 0 Å². The standard InChI is InChI=1S/C3H3N2S.Y/c1-3-2-4-5-6-3;/h1H3;/q-1;. The van der Waals surface area contributed by atoms with Gasteiger partial charge in [0.2, 0.25) is 0 Å². The smallest absolute Gasteiger partial charge is 0 e. The molecule has 1 radical (unpaired) electrons. The molecule has 0 N–H and O–H groups in total. The van der Waals surface area contributed by atoms with Crippen LogP contribution in [0.3, 0.4) is 0 Å². The average molecular weight is 188 g/mol. The molecule has 0 spiro atoms. The quantitative estimate of drug-likeness (QED) is 0.558. The molecule has 0 aromatic carbocycles. The molecule has 0 fully saturated rings. The Morgan fingerprint density at radius 1 is 1.71 bits per heavy atom. The Hall–Kier alpha value is 0.664. The molecule has 2 nitrogen and oxygen atoms in total. The van der Waals surface area contributed by atoms with Gasteiger partial charge >= 0.3 is 0 Å². The Morgan fingerprint density at radius 2 is 2.43 bits per heavy atom. The van der Waals surface area contributed by atoms with Crippen LogP contribution in [0.25, 0.3) is 0 Å². The van der Waals surface area contributed by atoms with Crippen LogP contribution in [0.2, 0.25) is 0 Å². The summed E-state index contributed by atoms with van der Waals surface area (Å²) in [6, 6.07) is 0. The summed E-state index contributed by atoms with van der Waals surface area (Å²) < 4.78 is 3.56. The van der Waals surface area contributed by atoms with Crippen LogP contribution in [-0.2, 0) is 32.7 Å². The summed E-state index contributed by atoms with van der Waals surface area (Å²) in [6.07, 6.45) is 2.66. The fourth-order valence-electron chi connectivity index (χ4n) is 0.193. The van der Waals surface area contributed by atoms with E-state index in [9.17, 15) is 0 Å². The molecule has 0 saturated carbocycles. The third kappa shape index (κ3) is 2.47. The van der Waals surface area contributed by atoms with E-state index in [1.165, 1.54) is 11.5 Å². The first-order valence-electron chi connectivity index (χ1n) is 1.56. The predicted octanol–water partition coefficient (Wildman–Crippen LogP) is 0.644. The molecule has 0 atom stereocenters. The van der Waals surface area contributed by atoms with E-state index >= 15 is 0 Å². The van der Waals surface area contributed by atoms with Gasteiger partial charge in [0, 0.05) is 32.7 Å². The summed E-state index contributed by atoms with van der Waals surface area (Å²) in [7, 11) is 0. The van der Waals surface area contributed by atoms with Crippen molar-refractivity contribution in [2.75, 3.05) is 0 Å². The van der Waals surface area contributed by atoms with Gasteiger partial charge in [-0.25, -0.2) is 0 Å². The summed E-state index contributed by atoms with van der Waals surface area (Å²) >= 11 is 1.36. The third-order valence-corrected chi connectivity index (χ3v) is 0.954. The molecule has 0 aliphatic carbocycles. The van der Waals surface area contributed by atoms with Crippen LogP contribution in [0, 0.1) is 13.1 Å². The summed E-state index contributed by atoms with van der Waals surface area (Å²) in [5.74, 6) is 0. The van der Waals surface area contributed by atoms with E-state index < -0.39 is 0 Å². The first-order valence-corrected chi connectivity index (χ1v) is 2.33. The number of nitrogens with zero attached hydrogens (tertiary/aromatic N) is 2. The molecule has 0 aliphatic heterocycles. The molecule has 0 saturated heterocycles. The van der Waals surface area contributed by atoms with Crippen molar-refractivity contribution < 1.29 is 32.7 Å². The molecular weight excluding hydrogens is 185 g/mol. The fraction of sp³-hybridized carbons (Fsp3) is 0.333. The van der Waals surface area contributed by atoms with Crippen LogP contribution < -0.4 is 0 Å². The topological polar surface area (TPSA) is 25.8 Å². The van der Waals surface area contributed by atoms with E-state index in [-0.39, 0.29) is 32.7 Å². The Morgan fingerprint density at radius 3 is 2.57 bits per heavy atom. The van der Waals surface area contributed by atoms with Gasteiger partial charge in [-0.1, -0.05) is 18.5 Å². The minimum atomic E-state index is 0. The third-order valence-electron chi connectivity index (χ3n) is 0.426. The SMILES string of the molecule is Cc1[c-]nns1.[Y]. The van der Waals surface area contributed by atoms with E-state index in [1.54, 1.807) is 0 Å². The summed E-state index contributed by atoms with van der Waals surface area (Å²) in [6.45, 7) is 1.92. The Bertz CT molecular complexity index is 116.